The zero-order chi connectivity index (χ0) is 34.3. The first-order valence-electron chi connectivity index (χ1n) is 17.7. The quantitative estimate of drug-likeness (QED) is 0.253. The maximum Gasteiger partial charge on any atom is 0.192 e. The van der Waals surface area contributed by atoms with E-state index < -0.39 is 34.0 Å². The molecule has 0 radical (unpaired) electrons. The molecule has 4 nitrogen and oxygen atoms in total. The van der Waals surface area contributed by atoms with Crippen LogP contribution < -0.4 is 0 Å². The summed E-state index contributed by atoms with van der Waals surface area (Å²) in [5.41, 5.74) is -2.20. The SMILES string of the molecule is [2H]C([2H])(C[C@@]1(C)[C@H]2[C@@H](O[Si](C)(C)C(C)(C)C)C[C@@H]3[C@H](C)C[C@H](C)C[C@H]3[C@]2(C)C=C(OC)[C@@]1(C)C(C)=O)O[Si](C)(C)C(C)(C)C. The van der Waals surface area contributed by atoms with Crippen molar-refractivity contribution in [2.45, 2.75) is 151 Å². The van der Waals surface area contributed by atoms with E-state index in [-0.39, 0.29) is 39.7 Å². The van der Waals surface area contributed by atoms with Gasteiger partial charge < -0.3 is 13.6 Å². The first kappa shape index (κ1) is 32.9. The first-order chi connectivity index (χ1) is 19.5. The number of fused-ring (bicyclic) bond motifs is 3. The Bertz CT molecular complexity index is 1120. The lowest BCUT2D eigenvalue weighted by Crippen LogP contribution is -2.67. The molecular weight excluding hydrogens is 553 g/mol. The molecule has 3 rings (SSSR count). The number of allylic oxidation sites excluding steroid dienone is 2. The first-order valence-corrected chi connectivity index (χ1v) is 22.5. The highest BCUT2D eigenvalue weighted by Crippen LogP contribution is 2.70. The number of hydrogen-bond donors (Lipinski definition) is 0. The van der Waals surface area contributed by atoms with E-state index in [1.54, 1.807) is 14.0 Å². The number of ether oxygens (including phenoxy) is 1. The Morgan fingerprint density at radius 2 is 1.52 bits per heavy atom. The molecule has 2 saturated carbocycles. The van der Waals surface area contributed by atoms with Crippen molar-refractivity contribution in [2.24, 2.45) is 45.8 Å². The van der Waals surface area contributed by atoms with Gasteiger partial charge >= 0.3 is 0 Å². The highest BCUT2D eigenvalue weighted by atomic mass is 28.4. The number of carbonyl (C=O) groups is 1. The summed E-state index contributed by atoms with van der Waals surface area (Å²) in [4.78, 5) is 14.0. The third-order valence-corrected chi connectivity index (χ3v) is 22.3. The molecule has 3 aliphatic carbocycles. The number of methoxy groups -OCH3 is 1. The fourth-order valence-electron chi connectivity index (χ4n) is 8.69. The number of rotatable bonds is 8. The number of Topliss-reactive ketones (excluding diaryl/α,β-unsaturated/α-hetero) is 1. The van der Waals surface area contributed by atoms with E-state index in [2.05, 4.69) is 102 Å². The van der Waals surface area contributed by atoms with E-state index >= 15 is 0 Å². The fourth-order valence-corrected chi connectivity index (χ4v) is 10.8. The Balaban J connectivity index is 2.36. The molecule has 42 heavy (non-hydrogen) atoms. The van der Waals surface area contributed by atoms with Gasteiger partial charge in [-0.3, -0.25) is 4.79 Å². The summed E-state index contributed by atoms with van der Waals surface area (Å²) in [6.07, 6.45) is 5.62. The second-order valence-corrected chi connectivity index (χ2v) is 27.8. The van der Waals surface area contributed by atoms with Crippen LogP contribution in [0.2, 0.25) is 36.3 Å². The zero-order valence-corrected chi connectivity index (χ0v) is 32.5. The van der Waals surface area contributed by atoms with Crippen LogP contribution in [0.4, 0.5) is 0 Å². The van der Waals surface area contributed by atoms with Crippen LogP contribution >= 0.6 is 0 Å². The summed E-state index contributed by atoms with van der Waals surface area (Å²) in [6.45, 7) is 33.3. The Morgan fingerprint density at radius 3 is 2.00 bits per heavy atom. The molecule has 0 aliphatic heterocycles. The summed E-state index contributed by atoms with van der Waals surface area (Å²) >= 11 is 0. The molecule has 244 valence electrons. The molecule has 0 N–H and O–H groups in total. The minimum Gasteiger partial charge on any atom is -0.500 e. The van der Waals surface area contributed by atoms with Crippen LogP contribution in [0.5, 0.6) is 0 Å². The monoisotopic (exact) mass is 622 g/mol. The molecule has 9 atom stereocenters. The average molecular weight is 623 g/mol. The molecular formula is C36H68O4Si2. The number of carbonyl (C=O) groups excluding carboxylic acids is 1. The van der Waals surface area contributed by atoms with Crippen LogP contribution in [0.25, 0.3) is 0 Å². The molecule has 0 unspecified atom stereocenters. The third kappa shape index (κ3) is 5.82. The van der Waals surface area contributed by atoms with Crippen molar-refractivity contribution in [3.63, 3.8) is 0 Å². The Kier molecular flexibility index (Phi) is 8.96. The largest absolute Gasteiger partial charge is 0.500 e. The van der Waals surface area contributed by atoms with Gasteiger partial charge in [-0.15, -0.1) is 0 Å². The van der Waals surface area contributed by atoms with E-state index in [0.29, 0.717) is 29.4 Å². The van der Waals surface area contributed by atoms with Crippen molar-refractivity contribution in [1.29, 1.82) is 0 Å². The van der Waals surface area contributed by atoms with Gasteiger partial charge in [0, 0.05) is 12.7 Å². The van der Waals surface area contributed by atoms with Crippen molar-refractivity contribution < 1.29 is 21.1 Å². The summed E-state index contributed by atoms with van der Waals surface area (Å²) in [6, 6.07) is 0. The van der Waals surface area contributed by atoms with Gasteiger partial charge in [-0.25, -0.2) is 0 Å². The fraction of sp³-hybridized carbons (Fsp3) is 0.917. The standard InChI is InChI=1S/C36H68O4Si2/c1-24-20-25(2)27-22-29(40-42(16,17)33(7,8)9)31-34(10,28(27)21-24)23-30(38-13)36(12,26(3)37)35(31,11)18-19-39-41(14,15)32(4,5)6/h23-25,27-29,31H,18-22H2,1-17H3/t24-,25+,27+,28+,29-,31-,34-,35-,36+/m0/s1/i19D2. The topological polar surface area (TPSA) is 44.8 Å². The van der Waals surface area contributed by atoms with Crippen molar-refractivity contribution in [3.05, 3.63) is 11.8 Å². The van der Waals surface area contributed by atoms with Gasteiger partial charge in [0.05, 0.1) is 15.3 Å². The summed E-state index contributed by atoms with van der Waals surface area (Å²) < 4.78 is 39.3. The van der Waals surface area contributed by atoms with Gasteiger partial charge in [0.15, 0.2) is 16.6 Å². The van der Waals surface area contributed by atoms with Crippen molar-refractivity contribution >= 4 is 22.4 Å². The van der Waals surface area contributed by atoms with Gasteiger partial charge in [-0.05, 0) is 122 Å². The highest BCUT2D eigenvalue weighted by molar-refractivity contribution is 6.74. The van der Waals surface area contributed by atoms with E-state index in [0.717, 1.165) is 12.8 Å². The lowest BCUT2D eigenvalue weighted by atomic mass is 9.38. The smallest absolute Gasteiger partial charge is 0.192 e. The molecule has 0 saturated heterocycles. The minimum atomic E-state index is -2.48. The predicted molar refractivity (Wildman–Crippen MR) is 183 cm³/mol. The molecule has 6 heteroatoms. The normalized spacial score (nSPS) is 40.7. The van der Waals surface area contributed by atoms with Gasteiger partial charge in [0.25, 0.3) is 0 Å². The van der Waals surface area contributed by atoms with Crippen molar-refractivity contribution in [3.8, 4) is 0 Å². The average Bonchev–Trinajstić information content (AvgIpc) is 2.79. The summed E-state index contributed by atoms with van der Waals surface area (Å²) in [5, 5.41) is -0.125. The molecule has 0 amide bonds. The summed E-state index contributed by atoms with van der Waals surface area (Å²) in [5.74, 6) is 2.70. The molecule has 0 spiro atoms. The van der Waals surface area contributed by atoms with E-state index in [9.17, 15) is 7.54 Å². The number of ketones is 1. The van der Waals surface area contributed by atoms with Crippen molar-refractivity contribution in [2.75, 3.05) is 13.7 Å². The minimum absolute atomic E-state index is 0.0110. The van der Waals surface area contributed by atoms with E-state index in [1.165, 1.54) is 6.42 Å². The van der Waals surface area contributed by atoms with Crippen molar-refractivity contribution in [1.82, 2.24) is 0 Å². The van der Waals surface area contributed by atoms with Crippen LogP contribution in [0.1, 0.15) is 112 Å². The van der Waals surface area contributed by atoms with Gasteiger partial charge in [-0.2, -0.15) is 0 Å². The molecule has 0 aromatic rings. The molecule has 0 bridgehead atoms. The third-order valence-electron chi connectivity index (χ3n) is 13.5. The Labute approximate surface area is 265 Å². The van der Waals surface area contributed by atoms with E-state index in [1.807, 2.05) is 6.92 Å². The maximum absolute atomic E-state index is 14.0. The predicted octanol–water partition coefficient (Wildman–Crippen LogP) is 10.3. The Hall–Kier alpha value is -0.436. The van der Waals surface area contributed by atoms with Gasteiger partial charge in [0.1, 0.15) is 11.5 Å². The second-order valence-electron chi connectivity index (χ2n) is 18.3. The maximum atomic E-state index is 14.0. The molecule has 0 aromatic heterocycles. The van der Waals surface area contributed by atoms with Crippen LogP contribution in [0, 0.1) is 45.8 Å². The van der Waals surface area contributed by atoms with Gasteiger partial charge in [0.2, 0.25) is 0 Å². The van der Waals surface area contributed by atoms with Gasteiger partial charge in [-0.1, -0.05) is 69.2 Å². The molecule has 3 aliphatic rings. The Morgan fingerprint density at radius 1 is 0.976 bits per heavy atom. The molecule has 0 heterocycles. The van der Waals surface area contributed by atoms with Crippen LogP contribution in [-0.4, -0.2) is 42.2 Å². The molecule has 2 fully saturated rings. The van der Waals surface area contributed by atoms with E-state index in [4.69, 9.17) is 13.6 Å². The zero-order valence-electron chi connectivity index (χ0n) is 32.5. The van der Waals surface area contributed by atoms with Crippen LogP contribution in [0.15, 0.2) is 11.8 Å². The highest BCUT2D eigenvalue weighted by Gasteiger charge is 2.69. The summed E-state index contributed by atoms with van der Waals surface area (Å²) in [7, 11) is -3.02. The lowest BCUT2D eigenvalue weighted by Gasteiger charge is -2.67. The van der Waals surface area contributed by atoms with Crippen LogP contribution in [-0.2, 0) is 18.4 Å². The lowest BCUT2D eigenvalue weighted by molar-refractivity contribution is -0.190. The molecule has 0 aromatic carbocycles. The van der Waals surface area contributed by atoms with Crippen LogP contribution in [0.3, 0.4) is 0 Å². The second kappa shape index (κ2) is 11.4. The number of hydrogen-bond acceptors (Lipinski definition) is 4.